The van der Waals surface area contributed by atoms with Crippen molar-refractivity contribution in [2.24, 2.45) is 7.05 Å². The lowest BCUT2D eigenvalue weighted by Gasteiger charge is -2.08. The van der Waals surface area contributed by atoms with Crippen LogP contribution in [0, 0.1) is 5.82 Å². The number of imidazole rings is 1. The lowest BCUT2D eigenvalue weighted by Crippen LogP contribution is -2.07. The smallest absolute Gasteiger partial charge is 0.272 e. The number of aromatic nitrogens is 2. The highest BCUT2D eigenvalue weighted by molar-refractivity contribution is 7.80. The summed E-state index contributed by atoms with van der Waals surface area (Å²) in [5.74, 6) is -0.840. The van der Waals surface area contributed by atoms with E-state index in [1.54, 1.807) is 7.05 Å². The molecular weight excluding hydrogens is 289 g/mol. The topological polar surface area (TPSA) is 27.1 Å². The highest BCUT2D eigenvalue weighted by Gasteiger charge is 2.18. The summed E-state index contributed by atoms with van der Waals surface area (Å²) >= 11 is 9.87. The average molecular weight is 297 g/mol. The van der Waals surface area contributed by atoms with Gasteiger partial charge in [0, 0.05) is 13.1 Å². The molecule has 0 saturated heterocycles. The Morgan fingerprint density at radius 2 is 2.22 bits per heavy atom. The first-order valence-corrected chi connectivity index (χ1v) is 5.68. The second-order valence-electron chi connectivity index (χ2n) is 3.54. The molecule has 1 heterocycles. The van der Waals surface area contributed by atoms with E-state index in [9.17, 15) is 13.2 Å². The normalized spacial score (nSPS) is 11.5. The van der Waals surface area contributed by atoms with Gasteiger partial charge in [0.15, 0.2) is 10.9 Å². The average Bonchev–Trinajstić information content (AvgIpc) is 2.59. The molecule has 0 aliphatic heterocycles. The lowest BCUT2D eigenvalue weighted by atomic mass is 10.2. The molecule has 0 unspecified atom stereocenters. The zero-order valence-corrected chi connectivity index (χ0v) is 10.8. The summed E-state index contributed by atoms with van der Waals surface area (Å²) in [7, 11) is 1.58. The molecule has 98 valence electrons. The summed E-state index contributed by atoms with van der Waals surface area (Å²) in [4.78, 5) is 4.00. The fraction of sp³-hybridized carbons (Fsp3) is 0.300. The molecule has 0 aliphatic carbocycles. The molecule has 0 N–H and O–H groups in total. The molecule has 0 aliphatic rings. The highest BCUT2D eigenvalue weighted by atomic mass is 35.5. The maximum atomic E-state index is 13.6. The summed E-state index contributed by atoms with van der Waals surface area (Å²) in [5.41, 5.74) is 0.459. The van der Waals surface area contributed by atoms with Crippen LogP contribution in [0.5, 0.6) is 5.75 Å². The van der Waals surface area contributed by atoms with Gasteiger partial charge in [0.1, 0.15) is 23.0 Å². The van der Waals surface area contributed by atoms with Gasteiger partial charge >= 0.3 is 0 Å². The Hall–Kier alpha value is -1.08. The summed E-state index contributed by atoms with van der Waals surface area (Å²) in [6.07, 6.45) is -2.65. The second-order valence-corrected chi connectivity index (χ2v) is 4.32. The van der Waals surface area contributed by atoms with Gasteiger partial charge in [-0.3, -0.25) is 0 Å². The van der Waals surface area contributed by atoms with Gasteiger partial charge in [-0.2, -0.15) is 0 Å². The van der Waals surface area contributed by atoms with Crippen LogP contribution in [0.15, 0.2) is 11.2 Å². The minimum Gasteiger partial charge on any atom is -0.485 e. The van der Waals surface area contributed by atoms with Crippen LogP contribution < -0.4 is 4.74 Å². The molecule has 0 bridgehead atoms. The van der Waals surface area contributed by atoms with Gasteiger partial charge in [0.05, 0.1) is 5.52 Å². The number of ether oxygens (including phenoxy) is 1. The van der Waals surface area contributed by atoms with Gasteiger partial charge in [0.2, 0.25) is 0 Å². The van der Waals surface area contributed by atoms with E-state index >= 15 is 0 Å². The molecule has 3 nitrogen and oxygen atoms in total. The fourth-order valence-electron chi connectivity index (χ4n) is 1.53. The molecule has 0 radical (unpaired) electrons. The molecule has 0 amide bonds. The molecule has 0 atom stereocenters. The quantitative estimate of drug-likeness (QED) is 0.880. The van der Waals surface area contributed by atoms with Crippen LogP contribution >= 0.6 is 24.2 Å². The van der Waals surface area contributed by atoms with Crippen LogP contribution in [0.1, 0.15) is 0 Å². The van der Waals surface area contributed by atoms with E-state index in [0.717, 1.165) is 6.07 Å². The number of hydrogen-bond acceptors (Lipinski definition) is 3. The predicted molar refractivity (Wildman–Crippen MR) is 64.4 cm³/mol. The number of rotatable bonds is 3. The molecule has 1 aromatic carbocycles. The van der Waals surface area contributed by atoms with Crippen molar-refractivity contribution in [2.75, 3.05) is 6.61 Å². The van der Waals surface area contributed by atoms with Gasteiger partial charge in [-0.1, -0.05) is 11.6 Å². The van der Waals surface area contributed by atoms with Crippen LogP contribution in [-0.4, -0.2) is 22.6 Å². The molecule has 2 aromatic rings. The molecule has 0 fully saturated rings. The summed E-state index contributed by atoms with van der Waals surface area (Å²) in [6, 6.07) is 0.938. The van der Waals surface area contributed by atoms with Gasteiger partial charge in [-0.15, -0.1) is 12.6 Å². The Bertz CT molecular complexity index is 603. The zero-order chi connectivity index (χ0) is 13.4. The molecule has 2 rings (SSSR count). The first-order chi connectivity index (χ1) is 8.41. The molecule has 8 heteroatoms. The van der Waals surface area contributed by atoms with Gasteiger partial charge in [-0.25, -0.2) is 18.2 Å². The van der Waals surface area contributed by atoms with Crippen LogP contribution in [0.4, 0.5) is 13.2 Å². The Morgan fingerprint density at radius 3 is 2.83 bits per heavy atom. The molecule has 0 saturated carbocycles. The Balaban J connectivity index is 2.60. The van der Waals surface area contributed by atoms with E-state index < -0.39 is 18.8 Å². The Labute approximate surface area is 111 Å². The number of nitrogens with zero attached hydrogens (tertiary/aromatic N) is 2. The second kappa shape index (κ2) is 4.89. The van der Waals surface area contributed by atoms with Crippen molar-refractivity contribution in [1.29, 1.82) is 0 Å². The number of halogens is 4. The van der Waals surface area contributed by atoms with Crippen molar-refractivity contribution >= 4 is 35.3 Å². The molecule has 0 spiro atoms. The van der Waals surface area contributed by atoms with E-state index in [0.29, 0.717) is 0 Å². The predicted octanol–water partition coefficient (Wildman–Crippen LogP) is 3.30. The van der Waals surface area contributed by atoms with Crippen molar-refractivity contribution in [3.05, 3.63) is 16.9 Å². The lowest BCUT2D eigenvalue weighted by molar-refractivity contribution is 0.0824. The van der Waals surface area contributed by atoms with Gasteiger partial charge in [0.25, 0.3) is 6.43 Å². The van der Waals surface area contributed by atoms with Crippen molar-refractivity contribution in [3.63, 3.8) is 0 Å². The van der Waals surface area contributed by atoms with Crippen molar-refractivity contribution < 1.29 is 17.9 Å². The maximum absolute atomic E-state index is 13.6. The third kappa shape index (κ3) is 2.24. The van der Waals surface area contributed by atoms with Gasteiger partial charge < -0.3 is 9.30 Å². The Morgan fingerprint density at radius 1 is 1.56 bits per heavy atom. The summed E-state index contributed by atoms with van der Waals surface area (Å²) < 4.78 is 44.0. The van der Waals surface area contributed by atoms with Gasteiger partial charge in [-0.05, 0) is 0 Å². The third-order valence-electron chi connectivity index (χ3n) is 2.35. The van der Waals surface area contributed by atoms with Crippen molar-refractivity contribution in [1.82, 2.24) is 9.55 Å². The maximum Gasteiger partial charge on any atom is 0.272 e. The third-order valence-corrected chi connectivity index (χ3v) is 3.10. The highest BCUT2D eigenvalue weighted by Crippen LogP contribution is 2.34. The van der Waals surface area contributed by atoms with E-state index in [2.05, 4.69) is 17.6 Å². The monoisotopic (exact) mass is 296 g/mol. The van der Waals surface area contributed by atoms with Crippen molar-refractivity contribution in [3.8, 4) is 5.75 Å². The minimum atomic E-state index is -2.65. The SMILES string of the molecule is Cn1c(S)nc2c(OCC(F)F)cc(F)c(Cl)c21. The number of thiol groups is 1. The number of fused-ring (bicyclic) bond motifs is 1. The van der Waals surface area contributed by atoms with E-state index in [-0.39, 0.29) is 27.0 Å². The van der Waals surface area contributed by atoms with Crippen LogP contribution in [0.3, 0.4) is 0 Å². The zero-order valence-electron chi connectivity index (χ0n) is 9.12. The minimum absolute atomic E-state index is 0.0805. The molecule has 1 aromatic heterocycles. The van der Waals surface area contributed by atoms with Crippen LogP contribution in [-0.2, 0) is 7.05 Å². The summed E-state index contributed by atoms with van der Waals surface area (Å²) in [6.45, 7) is -0.839. The summed E-state index contributed by atoms with van der Waals surface area (Å²) in [5, 5.41) is 0.129. The van der Waals surface area contributed by atoms with E-state index in [4.69, 9.17) is 16.3 Å². The van der Waals surface area contributed by atoms with Crippen molar-refractivity contribution in [2.45, 2.75) is 11.6 Å². The first kappa shape index (κ1) is 13.4. The van der Waals surface area contributed by atoms with Crippen LogP contribution in [0.25, 0.3) is 11.0 Å². The van der Waals surface area contributed by atoms with Crippen LogP contribution in [0.2, 0.25) is 5.02 Å². The molecular formula is C10H8ClF3N2OS. The first-order valence-electron chi connectivity index (χ1n) is 4.86. The fourth-order valence-corrected chi connectivity index (χ4v) is 2.00. The Kier molecular flexibility index (Phi) is 3.63. The number of benzene rings is 1. The number of aryl methyl sites for hydroxylation is 1. The van der Waals surface area contributed by atoms with E-state index in [1.807, 2.05) is 0 Å². The number of hydrogen-bond donors (Lipinski definition) is 1. The van der Waals surface area contributed by atoms with E-state index in [1.165, 1.54) is 4.57 Å². The largest absolute Gasteiger partial charge is 0.485 e. The molecule has 18 heavy (non-hydrogen) atoms. The standard InChI is InChI=1S/C10H8ClF3N2OS/c1-16-9-7(11)4(12)2-5(17-3-6(13)14)8(9)15-10(16)18/h2,6H,3H2,1H3,(H,15,18). The number of alkyl halides is 2.